The predicted molar refractivity (Wildman–Crippen MR) is 84.6 cm³/mol. The molecule has 3 rings (SSSR count). The topological polar surface area (TPSA) is 61.4 Å². The number of carbonyl (C=O) groups excluding carboxylic acids is 2. The van der Waals surface area contributed by atoms with E-state index in [1.807, 2.05) is 18.2 Å². The van der Waals surface area contributed by atoms with Crippen LogP contribution in [0.4, 0.5) is 5.69 Å². The number of nitrogens with zero attached hydrogens (tertiary/aromatic N) is 1. The van der Waals surface area contributed by atoms with Crippen molar-refractivity contribution >= 4 is 40.9 Å². The highest BCUT2D eigenvalue weighted by atomic mass is 35.5. The molecule has 2 heterocycles. The fourth-order valence-electron chi connectivity index (χ4n) is 2.56. The van der Waals surface area contributed by atoms with E-state index in [0.29, 0.717) is 23.7 Å². The lowest BCUT2D eigenvalue weighted by molar-refractivity contribution is -0.127. The van der Waals surface area contributed by atoms with Crippen molar-refractivity contribution in [1.82, 2.24) is 10.6 Å². The molecule has 0 aliphatic carbocycles. The number of para-hydroxylation sites is 1. The molecule has 21 heavy (non-hydrogen) atoms. The van der Waals surface area contributed by atoms with Gasteiger partial charge in [0.15, 0.2) is 0 Å². The Morgan fingerprint density at radius 3 is 2.95 bits per heavy atom. The average molecular weight is 326 g/mol. The minimum Gasteiger partial charge on any atom is -0.343 e. The maximum atomic E-state index is 12.4. The van der Waals surface area contributed by atoms with Crippen LogP contribution in [0.15, 0.2) is 24.3 Å². The number of carbonyl (C=O) groups is 2. The molecule has 2 aliphatic heterocycles. The lowest BCUT2D eigenvalue weighted by Gasteiger charge is -2.19. The Bertz CT molecular complexity index is 563. The highest BCUT2D eigenvalue weighted by Crippen LogP contribution is 2.29. The minimum atomic E-state index is -0.457. The molecular formula is C14H16ClN3O2S. The first-order valence-corrected chi connectivity index (χ1v) is 8.37. The monoisotopic (exact) mass is 325 g/mol. The standard InChI is InChI=1S/C14H16ClN3O2S/c15-9-3-1-2-4-12(9)18-6-5-10(14(18)20)17-13(19)11-7-21-8-16-11/h1-4,10-11,16H,5-8H2,(H,17,19). The van der Waals surface area contributed by atoms with Gasteiger partial charge in [0.25, 0.3) is 0 Å². The second-order valence-electron chi connectivity index (χ2n) is 5.06. The quantitative estimate of drug-likeness (QED) is 0.877. The molecule has 0 aromatic heterocycles. The maximum absolute atomic E-state index is 12.4. The second-order valence-corrected chi connectivity index (χ2v) is 6.50. The zero-order valence-corrected chi connectivity index (χ0v) is 12.9. The van der Waals surface area contributed by atoms with E-state index in [0.717, 1.165) is 11.6 Å². The molecule has 0 saturated carbocycles. The Balaban J connectivity index is 1.66. The van der Waals surface area contributed by atoms with Gasteiger partial charge in [0.2, 0.25) is 11.8 Å². The van der Waals surface area contributed by atoms with Gasteiger partial charge in [-0.05, 0) is 18.6 Å². The number of hydrogen-bond acceptors (Lipinski definition) is 4. The van der Waals surface area contributed by atoms with E-state index in [4.69, 9.17) is 11.6 Å². The van der Waals surface area contributed by atoms with Crippen LogP contribution in [0, 0.1) is 0 Å². The van der Waals surface area contributed by atoms with Crippen LogP contribution in [0.3, 0.4) is 0 Å². The lowest BCUT2D eigenvalue weighted by atomic mass is 10.2. The zero-order chi connectivity index (χ0) is 14.8. The fraction of sp³-hybridized carbons (Fsp3) is 0.429. The smallest absolute Gasteiger partial charge is 0.249 e. The summed E-state index contributed by atoms with van der Waals surface area (Å²) in [4.78, 5) is 26.2. The van der Waals surface area contributed by atoms with Crippen LogP contribution >= 0.6 is 23.4 Å². The van der Waals surface area contributed by atoms with Crippen molar-refractivity contribution in [2.24, 2.45) is 0 Å². The van der Waals surface area contributed by atoms with Crippen LogP contribution in [0.2, 0.25) is 5.02 Å². The van der Waals surface area contributed by atoms with Gasteiger partial charge in [0.1, 0.15) is 6.04 Å². The van der Waals surface area contributed by atoms with Crippen molar-refractivity contribution in [1.29, 1.82) is 0 Å². The Labute approximate surface area is 132 Å². The highest BCUT2D eigenvalue weighted by molar-refractivity contribution is 7.99. The highest BCUT2D eigenvalue weighted by Gasteiger charge is 2.36. The molecule has 5 nitrogen and oxygen atoms in total. The third kappa shape index (κ3) is 3.02. The average Bonchev–Trinajstić information content (AvgIpc) is 3.11. The van der Waals surface area contributed by atoms with Crippen LogP contribution in [0.1, 0.15) is 6.42 Å². The number of hydrogen-bond donors (Lipinski definition) is 2. The molecule has 112 valence electrons. The number of benzene rings is 1. The summed E-state index contributed by atoms with van der Waals surface area (Å²) >= 11 is 7.82. The van der Waals surface area contributed by atoms with E-state index in [1.54, 1.807) is 22.7 Å². The SMILES string of the molecule is O=C(NC1CCN(c2ccccc2Cl)C1=O)C1CSCN1. The molecule has 1 aromatic rings. The van der Waals surface area contributed by atoms with Crippen LogP contribution in [0.25, 0.3) is 0 Å². The van der Waals surface area contributed by atoms with Gasteiger partial charge < -0.3 is 10.2 Å². The first-order chi connectivity index (χ1) is 10.2. The summed E-state index contributed by atoms with van der Waals surface area (Å²) in [5.41, 5.74) is 0.704. The van der Waals surface area contributed by atoms with Crippen molar-refractivity contribution < 1.29 is 9.59 Å². The lowest BCUT2D eigenvalue weighted by Crippen LogP contribution is -2.49. The van der Waals surface area contributed by atoms with E-state index in [-0.39, 0.29) is 17.9 Å². The van der Waals surface area contributed by atoms with Crippen LogP contribution < -0.4 is 15.5 Å². The molecule has 2 unspecified atom stereocenters. The van der Waals surface area contributed by atoms with Crippen LogP contribution in [-0.2, 0) is 9.59 Å². The summed E-state index contributed by atoms with van der Waals surface area (Å²) in [5.74, 6) is 1.34. The van der Waals surface area contributed by atoms with E-state index in [2.05, 4.69) is 10.6 Å². The first-order valence-electron chi connectivity index (χ1n) is 6.84. The number of halogens is 1. The number of amides is 2. The fourth-order valence-corrected chi connectivity index (χ4v) is 3.74. The van der Waals surface area contributed by atoms with Gasteiger partial charge >= 0.3 is 0 Å². The Kier molecular flexibility index (Phi) is 4.37. The molecule has 0 bridgehead atoms. The molecular weight excluding hydrogens is 310 g/mol. The van der Waals surface area contributed by atoms with Crippen LogP contribution in [0.5, 0.6) is 0 Å². The molecule has 2 amide bonds. The van der Waals surface area contributed by atoms with E-state index in [1.165, 1.54) is 0 Å². The predicted octanol–water partition coefficient (Wildman–Crippen LogP) is 1.22. The first kappa shape index (κ1) is 14.7. The van der Waals surface area contributed by atoms with Gasteiger partial charge in [0, 0.05) is 18.2 Å². The van der Waals surface area contributed by atoms with Crippen molar-refractivity contribution in [3.63, 3.8) is 0 Å². The third-order valence-corrected chi connectivity index (χ3v) is 4.96. The second kappa shape index (κ2) is 6.25. The Hall–Kier alpha value is -1.24. The molecule has 0 radical (unpaired) electrons. The van der Waals surface area contributed by atoms with Crippen molar-refractivity contribution in [3.05, 3.63) is 29.3 Å². The molecule has 7 heteroatoms. The molecule has 2 fully saturated rings. The largest absolute Gasteiger partial charge is 0.343 e. The van der Waals surface area contributed by atoms with Gasteiger partial charge in [-0.15, -0.1) is 11.8 Å². The normalized spacial score (nSPS) is 25.4. The Morgan fingerprint density at radius 2 is 2.24 bits per heavy atom. The van der Waals surface area contributed by atoms with Gasteiger partial charge in [-0.25, -0.2) is 0 Å². The minimum absolute atomic E-state index is 0.0953. The summed E-state index contributed by atoms with van der Waals surface area (Å²) in [7, 11) is 0. The molecule has 2 saturated heterocycles. The summed E-state index contributed by atoms with van der Waals surface area (Å²) in [5, 5.41) is 6.49. The number of anilines is 1. The Morgan fingerprint density at radius 1 is 1.43 bits per heavy atom. The maximum Gasteiger partial charge on any atom is 0.249 e. The zero-order valence-electron chi connectivity index (χ0n) is 11.3. The van der Waals surface area contributed by atoms with E-state index in [9.17, 15) is 9.59 Å². The van der Waals surface area contributed by atoms with Crippen molar-refractivity contribution in [2.45, 2.75) is 18.5 Å². The van der Waals surface area contributed by atoms with Crippen LogP contribution in [-0.4, -0.2) is 42.1 Å². The number of thioether (sulfide) groups is 1. The van der Waals surface area contributed by atoms with Gasteiger partial charge in [0.05, 0.1) is 16.8 Å². The molecule has 2 N–H and O–H groups in total. The summed E-state index contributed by atoms with van der Waals surface area (Å²) in [6.07, 6.45) is 0.607. The van der Waals surface area contributed by atoms with Gasteiger partial charge in [-0.3, -0.25) is 14.9 Å². The summed E-state index contributed by atoms with van der Waals surface area (Å²) in [6.45, 7) is 0.570. The number of nitrogens with one attached hydrogen (secondary N) is 2. The van der Waals surface area contributed by atoms with Crippen molar-refractivity contribution in [3.8, 4) is 0 Å². The van der Waals surface area contributed by atoms with Gasteiger partial charge in [-0.2, -0.15) is 0 Å². The third-order valence-electron chi connectivity index (χ3n) is 3.70. The molecule has 1 aromatic carbocycles. The van der Waals surface area contributed by atoms with E-state index < -0.39 is 6.04 Å². The number of rotatable bonds is 3. The molecule has 2 atom stereocenters. The van der Waals surface area contributed by atoms with Crippen molar-refractivity contribution in [2.75, 3.05) is 23.1 Å². The summed E-state index contributed by atoms with van der Waals surface area (Å²) < 4.78 is 0. The van der Waals surface area contributed by atoms with E-state index >= 15 is 0 Å². The van der Waals surface area contributed by atoms with Gasteiger partial charge in [-0.1, -0.05) is 23.7 Å². The molecule has 0 spiro atoms. The molecule has 2 aliphatic rings. The summed E-state index contributed by atoms with van der Waals surface area (Å²) in [6, 6.07) is 6.60.